The van der Waals surface area contributed by atoms with E-state index in [1.54, 1.807) is 12.1 Å². The van der Waals surface area contributed by atoms with Gasteiger partial charge in [0.1, 0.15) is 11.7 Å². The van der Waals surface area contributed by atoms with E-state index in [2.05, 4.69) is 37.4 Å². The number of hydrogen-bond acceptors (Lipinski definition) is 8. The number of likely N-dealkylation sites (tertiary alicyclic amines) is 2. The predicted molar refractivity (Wildman–Crippen MR) is 188 cm³/mol. The van der Waals surface area contributed by atoms with Crippen molar-refractivity contribution < 1.29 is 32.2 Å². The Kier molecular flexibility index (Phi) is 10.1. The van der Waals surface area contributed by atoms with E-state index >= 15 is 0 Å². The van der Waals surface area contributed by atoms with Gasteiger partial charge >= 0.3 is 12.3 Å². The van der Waals surface area contributed by atoms with E-state index in [0.29, 0.717) is 23.9 Å². The first-order valence-corrected chi connectivity index (χ1v) is 18.2. The van der Waals surface area contributed by atoms with Crippen molar-refractivity contribution in [2.75, 3.05) is 26.2 Å². The van der Waals surface area contributed by atoms with Gasteiger partial charge in [0.15, 0.2) is 5.82 Å². The van der Waals surface area contributed by atoms with Crippen LogP contribution in [-0.2, 0) is 22.1 Å². The maximum Gasteiger partial charge on any atom is 0.453 e. The average Bonchev–Trinajstić information content (AvgIpc) is 3.52. The third kappa shape index (κ3) is 7.94. The van der Waals surface area contributed by atoms with Crippen LogP contribution in [0.5, 0.6) is 0 Å². The van der Waals surface area contributed by atoms with Gasteiger partial charge in [-0.2, -0.15) is 17.8 Å². The smallest absolute Gasteiger partial charge is 0.453 e. The summed E-state index contributed by atoms with van der Waals surface area (Å²) in [4.78, 5) is 30.2. The van der Waals surface area contributed by atoms with E-state index < -0.39 is 34.5 Å². The van der Waals surface area contributed by atoms with Crippen LogP contribution in [0.4, 0.5) is 18.0 Å². The zero-order valence-corrected chi connectivity index (χ0v) is 31.1. The topological polar surface area (TPSA) is 114 Å². The molecule has 1 aliphatic carbocycles. The molecule has 0 atom stereocenters. The van der Waals surface area contributed by atoms with Gasteiger partial charge in [0.25, 0.3) is 11.7 Å². The van der Waals surface area contributed by atoms with Gasteiger partial charge in [0.05, 0.1) is 0 Å². The molecule has 0 radical (unpaired) electrons. The molecule has 6 rings (SSSR count). The lowest BCUT2D eigenvalue weighted by atomic mass is 9.49. The van der Waals surface area contributed by atoms with Gasteiger partial charge in [0, 0.05) is 65.9 Å². The standard InChI is InChI=1S/C38H50F3N7O4/c1-35(2,3)52-34(50)47-22-18-27(19-23-47)46-20-16-25(17-21-46)9-8-24-10-12-26(13-11-24)30(49)42-31-36(4,5)32(37(31,6)7)51-29-15-14-28-43-44-33(38(39,40)41)48(28)45-29/h10-13,25,27,31-32H,14-23H2,1-7H3,(H,42,49). The zero-order chi connectivity index (χ0) is 37.6. The minimum Gasteiger partial charge on any atom is -0.475 e. The molecular weight excluding hydrogens is 675 g/mol. The molecule has 11 nitrogen and oxygen atoms in total. The van der Waals surface area contributed by atoms with Crippen molar-refractivity contribution in [3.63, 3.8) is 0 Å². The molecule has 1 aromatic heterocycles. The lowest BCUT2D eigenvalue weighted by Gasteiger charge is -2.63. The van der Waals surface area contributed by atoms with Crippen LogP contribution in [-0.4, -0.2) is 92.5 Å². The van der Waals surface area contributed by atoms with Crippen molar-refractivity contribution in [1.82, 2.24) is 30.0 Å². The Hall–Kier alpha value is -4.12. The monoisotopic (exact) mass is 725 g/mol. The first-order valence-electron chi connectivity index (χ1n) is 18.2. The number of rotatable bonds is 4. The minimum absolute atomic E-state index is 0.140. The summed E-state index contributed by atoms with van der Waals surface area (Å²) >= 11 is 0. The molecule has 0 bridgehead atoms. The largest absolute Gasteiger partial charge is 0.475 e. The number of aromatic nitrogens is 3. The highest BCUT2D eigenvalue weighted by Gasteiger charge is 2.64. The number of ether oxygens (including phenoxy) is 2. The van der Waals surface area contributed by atoms with Crippen LogP contribution in [0.2, 0.25) is 0 Å². The van der Waals surface area contributed by atoms with E-state index in [1.807, 2.05) is 65.5 Å². The minimum atomic E-state index is -4.68. The lowest BCUT2D eigenvalue weighted by Crippen LogP contribution is -2.74. The van der Waals surface area contributed by atoms with Crippen LogP contribution in [0, 0.1) is 28.6 Å². The number of nitrogens with one attached hydrogen (secondary N) is 1. The molecule has 1 N–H and O–H groups in total. The Labute approximate surface area is 303 Å². The number of piperidine rings is 2. The maximum absolute atomic E-state index is 13.4. The molecule has 4 heterocycles. The van der Waals surface area contributed by atoms with Crippen LogP contribution in [0.15, 0.2) is 29.4 Å². The molecule has 52 heavy (non-hydrogen) atoms. The number of fused-ring (bicyclic) bond motifs is 1. The second-order valence-electron chi connectivity index (χ2n) is 16.6. The highest BCUT2D eigenvalue weighted by Crippen LogP contribution is 2.56. The van der Waals surface area contributed by atoms with Gasteiger partial charge < -0.3 is 24.6 Å². The van der Waals surface area contributed by atoms with E-state index in [4.69, 9.17) is 9.47 Å². The number of carbonyl (C=O) groups excluding carboxylic acids is 2. The Balaban J connectivity index is 0.979. The highest BCUT2D eigenvalue weighted by molar-refractivity contribution is 5.94. The fourth-order valence-corrected chi connectivity index (χ4v) is 8.40. The number of carbonyl (C=O) groups is 2. The van der Waals surface area contributed by atoms with Crippen molar-refractivity contribution in [2.45, 2.75) is 117 Å². The van der Waals surface area contributed by atoms with Crippen LogP contribution < -0.4 is 5.32 Å². The van der Waals surface area contributed by atoms with Crippen molar-refractivity contribution >= 4 is 17.9 Å². The van der Waals surface area contributed by atoms with Gasteiger partial charge in [-0.15, -0.1) is 15.3 Å². The van der Waals surface area contributed by atoms with Crippen molar-refractivity contribution in [3.05, 3.63) is 47.0 Å². The predicted octanol–water partition coefficient (Wildman–Crippen LogP) is 6.12. The number of benzene rings is 1. The number of amides is 2. The molecule has 1 saturated carbocycles. The Bertz CT molecular complexity index is 1720. The van der Waals surface area contributed by atoms with Crippen molar-refractivity contribution in [3.8, 4) is 11.8 Å². The highest BCUT2D eigenvalue weighted by atomic mass is 19.4. The van der Waals surface area contributed by atoms with Crippen LogP contribution in [0.1, 0.15) is 108 Å². The SMILES string of the molecule is CC(C)(C)OC(=O)N1CCC(N2CCC(C#Cc3ccc(C(=O)NC4C(C)(C)C(OC5=Nn6c(nnc6C(F)(F)F)CC5)C4(C)C)cc3)CC2)CC1. The van der Waals surface area contributed by atoms with E-state index in [1.165, 1.54) is 0 Å². The Morgan fingerprint density at radius 2 is 1.54 bits per heavy atom. The Morgan fingerprint density at radius 1 is 0.904 bits per heavy atom. The normalized spacial score (nSPS) is 23.7. The summed E-state index contributed by atoms with van der Waals surface area (Å²) in [6, 6.07) is 7.52. The number of aryl methyl sites for hydroxylation is 1. The quantitative estimate of drug-likeness (QED) is 0.378. The first kappa shape index (κ1) is 37.6. The summed E-state index contributed by atoms with van der Waals surface area (Å²) in [5.74, 6) is 5.99. The van der Waals surface area contributed by atoms with Crippen molar-refractivity contribution in [2.24, 2.45) is 21.8 Å². The lowest BCUT2D eigenvalue weighted by molar-refractivity contribution is -0.172. The fraction of sp³-hybridized carbons (Fsp3) is 0.658. The molecule has 2 saturated heterocycles. The zero-order valence-electron chi connectivity index (χ0n) is 31.1. The van der Waals surface area contributed by atoms with Gasteiger partial charge in [-0.1, -0.05) is 39.5 Å². The molecule has 0 unspecified atom stereocenters. The molecule has 4 aliphatic rings. The molecule has 3 fully saturated rings. The van der Waals surface area contributed by atoms with E-state index in [0.717, 1.165) is 62.1 Å². The maximum atomic E-state index is 13.4. The van der Waals surface area contributed by atoms with Crippen LogP contribution >= 0.6 is 0 Å². The average molecular weight is 726 g/mol. The number of nitrogens with zero attached hydrogens (tertiary/aromatic N) is 6. The second-order valence-corrected chi connectivity index (χ2v) is 16.6. The molecule has 0 spiro atoms. The van der Waals surface area contributed by atoms with Gasteiger partial charge in [-0.3, -0.25) is 4.79 Å². The third-order valence-corrected chi connectivity index (χ3v) is 10.8. The summed E-state index contributed by atoms with van der Waals surface area (Å²) in [6.07, 6.45) is -0.864. The molecule has 2 amide bonds. The summed E-state index contributed by atoms with van der Waals surface area (Å²) in [7, 11) is 0. The second kappa shape index (κ2) is 14.0. The van der Waals surface area contributed by atoms with Gasteiger partial charge in [-0.25, -0.2) is 4.79 Å². The van der Waals surface area contributed by atoms with Gasteiger partial charge in [0.2, 0.25) is 5.90 Å². The number of halogens is 3. The number of alkyl halides is 3. The first-order chi connectivity index (χ1) is 24.3. The van der Waals surface area contributed by atoms with Crippen LogP contribution in [0.25, 0.3) is 0 Å². The van der Waals surface area contributed by atoms with E-state index in [-0.39, 0.29) is 36.2 Å². The molecule has 1 aromatic carbocycles. The van der Waals surface area contributed by atoms with E-state index in [9.17, 15) is 22.8 Å². The number of hydrogen-bond donors (Lipinski definition) is 1. The summed E-state index contributed by atoms with van der Waals surface area (Å²) in [6.45, 7) is 17.0. The molecule has 282 valence electrons. The van der Waals surface area contributed by atoms with Crippen LogP contribution in [0.3, 0.4) is 0 Å². The molecular formula is C38H50F3N7O4. The molecule has 2 aromatic rings. The summed E-state index contributed by atoms with van der Waals surface area (Å²) in [5.41, 5.74) is -0.171. The molecule has 14 heteroatoms. The third-order valence-electron chi connectivity index (χ3n) is 10.8. The molecule has 3 aliphatic heterocycles. The van der Waals surface area contributed by atoms with Crippen molar-refractivity contribution in [1.29, 1.82) is 0 Å². The Morgan fingerprint density at radius 3 is 2.13 bits per heavy atom. The summed E-state index contributed by atoms with van der Waals surface area (Å²) < 4.78 is 52.7. The summed E-state index contributed by atoms with van der Waals surface area (Å²) in [5, 5.41) is 14.2. The fourth-order valence-electron chi connectivity index (χ4n) is 8.40. The van der Waals surface area contributed by atoms with Gasteiger partial charge in [-0.05, 0) is 83.8 Å².